The Morgan fingerprint density at radius 2 is 1.96 bits per heavy atom. The Bertz CT molecular complexity index is 939. The molecule has 1 amide bonds. The summed E-state index contributed by atoms with van der Waals surface area (Å²) in [7, 11) is 0. The maximum Gasteiger partial charge on any atom is 0.426 e. The van der Waals surface area contributed by atoms with Gasteiger partial charge in [-0.2, -0.15) is 13.2 Å². The van der Waals surface area contributed by atoms with E-state index >= 15 is 0 Å². The van der Waals surface area contributed by atoms with Crippen LogP contribution in [0.4, 0.5) is 23.4 Å². The lowest BCUT2D eigenvalue weighted by atomic mass is 9.78. The summed E-state index contributed by atoms with van der Waals surface area (Å²) in [6.07, 6.45) is -6.61. The second-order valence-corrected chi connectivity index (χ2v) is 7.03. The number of hydrogen-bond acceptors (Lipinski definition) is 5. The first-order valence-corrected chi connectivity index (χ1v) is 8.39. The average Bonchev–Trinajstić information content (AvgIpc) is 2.54. The molecule has 0 spiro atoms. The molecule has 0 bridgehead atoms. The summed E-state index contributed by atoms with van der Waals surface area (Å²) in [5.74, 6) is -2.81. The van der Waals surface area contributed by atoms with Gasteiger partial charge in [0.1, 0.15) is 28.1 Å². The van der Waals surface area contributed by atoms with Crippen LogP contribution in [0.3, 0.4) is 0 Å². The minimum atomic E-state index is -5.38. The maximum absolute atomic E-state index is 13.6. The van der Waals surface area contributed by atoms with E-state index < -0.39 is 46.6 Å². The SMILES string of the molecule is CC1(CC(O)(C(=O)Nc2cc(Cl)nc(Cl)n2)C(F)(F)F)Oc2ccc(F)cc21. The van der Waals surface area contributed by atoms with Crippen molar-refractivity contribution in [3.05, 3.63) is 46.1 Å². The number of nitrogens with one attached hydrogen (secondary N) is 1. The van der Waals surface area contributed by atoms with E-state index in [9.17, 15) is 27.5 Å². The van der Waals surface area contributed by atoms with Crippen molar-refractivity contribution in [3.8, 4) is 5.75 Å². The van der Waals surface area contributed by atoms with Crippen molar-refractivity contribution in [3.63, 3.8) is 0 Å². The predicted molar refractivity (Wildman–Crippen MR) is 90.7 cm³/mol. The first kappa shape index (κ1) is 20.6. The van der Waals surface area contributed by atoms with Crippen LogP contribution in [0.2, 0.25) is 10.4 Å². The van der Waals surface area contributed by atoms with E-state index in [0.717, 1.165) is 18.2 Å². The van der Waals surface area contributed by atoms with E-state index in [2.05, 4.69) is 9.97 Å². The molecule has 1 aliphatic rings. The van der Waals surface area contributed by atoms with Gasteiger partial charge in [0.2, 0.25) is 10.9 Å². The molecule has 2 unspecified atom stereocenters. The Morgan fingerprint density at radius 3 is 2.57 bits per heavy atom. The fraction of sp³-hybridized carbons (Fsp3) is 0.312. The first-order valence-electron chi connectivity index (χ1n) is 7.64. The Hall–Kier alpha value is -2.17. The highest BCUT2D eigenvalue weighted by molar-refractivity contribution is 6.32. The number of benzene rings is 1. The summed E-state index contributed by atoms with van der Waals surface area (Å²) in [5, 5.41) is 11.5. The van der Waals surface area contributed by atoms with Gasteiger partial charge in [-0.15, -0.1) is 0 Å². The molecule has 28 heavy (non-hydrogen) atoms. The van der Waals surface area contributed by atoms with Gasteiger partial charge in [-0.3, -0.25) is 4.79 Å². The number of halogens is 6. The summed E-state index contributed by atoms with van der Waals surface area (Å²) in [6.45, 7) is 1.21. The third-order valence-corrected chi connectivity index (χ3v) is 4.56. The highest BCUT2D eigenvalue weighted by atomic mass is 35.5. The van der Waals surface area contributed by atoms with Gasteiger partial charge in [-0.05, 0) is 36.7 Å². The third-order valence-electron chi connectivity index (χ3n) is 4.19. The van der Waals surface area contributed by atoms with Gasteiger partial charge in [-0.25, -0.2) is 14.4 Å². The summed E-state index contributed by atoms with van der Waals surface area (Å²) >= 11 is 11.2. The molecule has 0 radical (unpaired) electrons. The normalized spacial score (nSPS) is 20.4. The Labute approximate surface area is 165 Å². The van der Waals surface area contributed by atoms with Crippen LogP contribution < -0.4 is 10.1 Å². The van der Waals surface area contributed by atoms with Gasteiger partial charge in [0.05, 0.1) is 0 Å². The molecule has 12 heteroatoms. The van der Waals surface area contributed by atoms with Crippen molar-refractivity contribution in [1.29, 1.82) is 0 Å². The minimum Gasteiger partial charge on any atom is -0.482 e. The van der Waals surface area contributed by atoms with Crippen LogP contribution in [-0.4, -0.2) is 32.8 Å². The standard InChI is InChI=1S/C16H11Cl2F4N3O3/c1-14(8-4-7(19)2-3-9(8)28-14)6-15(27,16(20,21)22)12(26)24-11-5-10(17)23-13(18)25-11/h2-5,27H,6H2,1H3,(H,23,24,25,26). The molecule has 0 fully saturated rings. The van der Waals surface area contributed by atoms with E-state index in [4.69, 9.17) is 27.9 Å². The quantitative estimate of drug-likeness (QED) is 0.429. The second kappa shape index (κ2) is 6.71. The lowest BCUT2D eigenvalue weighted by Crippen LogP contribution is -2.60. The number of aromatic nitrogens is 2. The molecular formula is C16H11Cl2F4N3O3. The van der Waals surface area contributed by atoms with Crippen molar-refractivity contribution in [2.75, 3.05) is 5.32 Å². The van der Waals surface area contributed by atoms with Gasteiger partial charge in [0.15, 0.2) is 0 Å². The maximum atomic E-state index is 13.6. The van der Waals surface area contributed by atoms with Gasteiger partial charge in [0, 0.05) is 18.1 Å². The molecule has 3 rings (SSSR count). The van der Waals surface area contributed by atoms with Crippen LogP contribution >= 0.6 is 23.2 Å². The zero-order valence-electron chi connectivity index (χ0n) is 13.9. The molecule has 1 aromatic heterocycles. The van der Waals surface area contributed by atoms with Crippen molar-refractivity contribution < 1.29 is 32.2 Å². The van der Waals surface area contributed by atoms with E-state index in [-0.39, 0.29) is 16.5 Å². The van der Waals surface area contributed by atoms with Gasteiger partial charge in [-0.1, -0.05) is 11.6 Å². The van der Waals surface area contributed by atoms with Crippen molar-refractivity contribution in [2.24, 2.45) is 0 Å². The number of ether oxygens (including phenoxy) is 1. The van der Waals surface area contributed by atoms with Gasteiger partial charge >= 0.3 is 6.18 Å². The number of hydrogen-bond donors (Lipinski definition) is 2. The molecule has 2 heterocycles. The average molecular weight is 440 g/mol. The van der Waals surface area contributed by atoms with Crippen LogP contribution in [0.1, 0.15) is 18.9 Å². The smallest absolute Gasteiger partial charge is 0.426 e. The van der Waals surface area contributed by atoms with E-state index in [1.807, 2.05) is 5.32 Å². The number of carbonyl (C=O) groups excluding carboxylic acids is 1. The van der Waals surface area contributed by atoms with Crippen LogP contribution in [0.25, 0.3) is 0 Å². The number of amides is 1. The topological polar surface area (TPSA) is 84.3 Å². The number of alkyl halides is 3. The summed E-state index contributed by atoms with van der Waals surface area (Å²) in [5.41, 5.74) is -5.54. The fourth-order valence-corrected chi connectivity index (χ4v) is 3.27. The zero-order chi connectivity index (χ0) is 20.9. The van der Waals surface area contributed by atoms with Crippen molar-refractivity contribution in [1.82, 2.24) is 9.97 Å². The number of nitrogens with zero attached hydrogens (tertiary/aromatic N) is 2. The molecule has 2 N–H and O–H groups in total. The van der Waals surface area contributed by atoms with E-state index in [0.29, 0.717) is 0 Å². The molecule has 6 nitrogen and oxygen atoms in total. The minimum absolute atomic E-state index is 0.0936. The lowest BCUT2D eigenvalue weighted by Gasteiger charge is -2.45. The highest BCUT2D eigenvalue weighted by Crippen LogP contribution is 2.51. The first-order chi connectivity index (χ1) is 12.8. The molecule has 0 saturated heterocycles. The number of anilines is 1. The van der Waals surface area contributed by atoms with Crippen LogP contribution in [0, 0.1) is 5.82 Å². The zero-order valence-corrected chi connectivity index (χ0v) is 15.5. The summed E-state index contributed by atoms with van der Waals surface area (Å²) in [6, 6.07) is 4.25. The molecule has 150 valence electrons. The van der Waals surface area contributed by atoms with Crippen LogP contribution in [0.15, 0.2) is 24.3 Å². The molecule has 0 saturated carbocycles. The number of carbonyl (C=O) groups is 1. The number of rotatable bonds is 4. The molecular weight excluding hydrogens is 429 g/mol. The Morgan fingerprint density at radius 1 is 1.29 bits per heavy atom. The number of aliphatic hydroxyl groups is 1. The molecule has 2 aromatic rings. The summed E-state index contributed by atoms with van der Waals surface area (Å²) < 4.78 is 59.6. The molecule has 2 atom stereocenters. The van der Waals surface area contributed by atoms with E-state index in [1.54, 1.807) is 0 Å². The summed E-state index contributed by atoms with van der Waals surface area (Å²) in [4.78, 5) is 19.4. The Balaban J connectivity index is 1.92. The van der Waals surface area contributed by atoms with Crippen LogP contribution in [-0.2, 0) is 10.4 Å². The fourth-order valence-electron chi connectivity index (χ4n) is 2.86. The van der Waals surface area contributed by atoms with Gasteiger partial charge < -0.3 is 15.2 Å². The van der Waals surface area contributed by atoms with Crippen molar-refractivity contribution in [2.45, 2.75) is 30.7 Å². The third kappa shape index (κ3) is 3.59. The van der Waals surface area contributed by atoms with Crippen LogP contribution in [0.5, 0.6) is 5.75 Å². The highest BCUT2D eigenvalue weighted by Gasteiger charge is 2.64. The molecule has 0 aliphatic carbocycles. The second-order valence-electron chi connectivity index (χ2n) is 6.31. The lowest BCUT2D eigenvalue weighted by molar-refractivity contribution is -0.263. The van der Waals surface area contributed by atoms with Gasteiger partial charge in [0.25, 0.3) is 5.91 Å². The van der Waals surface area contributed by atoms with E-state index in [1.165, 1.54) is 13.0 Å². The molecule has 1 aliphatic heterocycles. The Kier molecular flexibility index (Phi) is 4.93. The largest absolute Gasteiger partial charge is 0.482 e. The molecule has 1 aromatic carbocycles. The predicted octanol–water partition coefficient (Wildman–Crippen LogP) is 3.85. The monoisotopic (exact) mass is 439 g/mol. The number of fused-ring (bicyclic) bond motifs is 1. The van der Waals surface area contributed by atoms with Crippen molar-refractivity contribution >= 4 is 34.9 Å².